The maximum absolute atomic E-state index is 13.6. The van der Waals surface area contributed by atoms with Gasteiger partial charge in [-0.05, 0) is 19.2 Å². The number of anilines is 1. The molecule has 1 aromatic carbocycles. The number of likely N-dealkylation sites (N-methyl/N-ethyl adjacent to an activating group) is 1. The lowest BCUT2D eigenvalue weighted by atomic mass is 10.1. The third-order valence-corrected chi connectivity index (χ3v) is 2.95. The Bertz CT molecular complexity index is 428. The van der Waals surface area contributed by atoms with Crippen molar-refractivity contribution in [3.8, 4) is 0 Å². The molecule has 0 unspecified atom stereocenters. The number of hydrogen-bond donors (Lipinski definition) is 2. The van der Waals surface area contributed by atoms with Crippen LogP contribution in [0.25, 0.3) is 0 Å². The summed E-state index contributed by atoms with van der Waals surface area (Å²) in [7, 11) is 3.67. The fourth-order valence-corrected chi connectivity index (χ4v) is 1.87. The molecule has 106 valence electrons. The van der Waals surface area contributed by atoms with Crippen LogP contribution in [-0.4, -0.2) is 50.3 Å². The molecule has 0 heterocycles. The average molecular weight is 285 g/mol. The number of nitrogens with two attached hydrogens (primary N) is 1. The van der Waals surface area contributed by atoms with Crippen molar-refractivity contribution < 1.29 is 9.13 Å². The van der Waals surface area contributed by atoms with Crippen molar-refractivity contribution in [1.29, 1.82) is 0 Å². The lowest BCUT2D eigenvalue weighted by molar-refractivity contribution is 0.163. The van der Waals surface area contributed by atoms with E-state index in [1.54, 1.807) is 19.2 Å². The molecule has 1 rings (SSSR count). The fraction of sp³-hybridized carbons (Fsp3) is 0.462. The van der Waals surface area contributed by atoms with E-state index >= 15 is 0 Å². The number of nitrogens with one attached hydrogen (secondary N) is 1. The van der Waals surface area contributed by atoms with E-state index in [1.807, 2.05) is 7.05 Å². The number of methoxy groups -OCH3 is 1. The molecule has 1 aromatic rings. The van der Waals surface area contributed by atoms with E-state index in [2.05, 4.69) is 10.2 Å². The van der Waals surface area contributed by atoms with Crippen LogP contribution in [0.15, 0.2) is 18.2 Å². The van der Waals surface area contributed by atoms with Crippen LogP contribution in [-0.2, 0) is 4.74 Å². The van der Waals surface area contributed by atoms with E-state index < -0.39 is 5.82 Å². The molecule has 0 amide bonds. The summed E-state index contributed by atoms with van der Waals surface area (Å²) >= 11 is 4.87. The van der Waals surface area contributed by atoms with E-state index in [0.717, 1.165) is 13.1 Å². The second-order valence-corrected chi connectivity index (χ2v) is 4.69. The maximum Gasteiger partial charge on any atom is 0.135 e. The minimum atomic E-state index is -0.398. The topological polar surface area (TPSA) is 50.5 Å². The third-order valence-electron chi connectivity index (χ3n) is 2.75. The molecule has 4 nitrogen and oxygen atoms in total. The summed E-state index contributed by atoms with van der Waals surface area (Å²) in [5, 5.41) is 3.15. The molecule has 0 spiro atoms. The number of thiocarbonyl (C=S) groups is 1. The van der Waals surface area contributed by atoms with Crippen molar-refractivity contribution in [3.05, 3.63) is 29.6 Å². The van der Waals surface area contributed by atoms with Crippen LogP contribution in [0.5, 0.6) is 0 Å². The lowest BCUT2D eigenvalue weighted by Gasteiger charge is -2.17. The van der Waals surface area contributed by atoms with Crippen molar-refractivity contribution >= 4 is 22.9 Å². The van der Waals surface area contributed by atoms with E-state index in [4.69, 9.17) is 22.7 Å². The highest BCUT2D eigenvalue weighted by Crippen LogP contribution is 2.18. The largest absolute Gasteiger partial charge is 0.389 e. The molecule has 0 saturated heterocycles. The predicted molar refractivity (Wildman–Crippen MR) is 80.2 cm³/mol. The van der Waals surface area contributed by atoms with Crippen LogP contribution in [0, 0.1) is 5.82 Å². The monoisotopic (exact) mass is 285 g/mol. The fourth-order valence-electron chi connectivity index (χ4n) is 1.66. The molecule has 3 N–H and O–H groups in total. The Kier molecular flexibility index (Phi) is 6.69. The quantitative estimate of drug-likeness (QED) is 0.708. The van der Waals surface area contributed by atoms with Crippen LogP contribution < -0.4 is 11.1 Å². The van der Waals surface area contributed by atoms with Crippen molar-refractivity contribution in [2.75, 3.05) is 45.7 Å². The Labute approximate surface area is 118 Å². The Morgan fingerprint density at radius 2 is 2.21 bits per heavy atom. The zero-order chi connectivity index (χ0) is 14.3. The summed E-state index contributed by atoms with van der Waals surface area (Å²) in [5.74, 6) is -0.398. The molecular formula is C13H20FN3OS. The van der Waals surface area contributed by atoms with Crippen LogP contribution in [0.3, 0.4) is 0 Å². The zero-order valence-electron chi connectivity index (χ0n) is 11.3. The van der Waals surface area contributed by atoms with Gasteiger partial charge in [-0.1, -0.05) is 18.3 Å². The Balaban J connectivity index is 2.54. The second-order valence-electron chi connectivity index (χ2n) is 4.25. The average Bonchev–Trinajstić information content (AvgIpc) is 2.36. The molecule has 0 radical (unpaired) electrons. The summed E-state index contributed by atoms with van der Waals surface area (Å²) in [4.78, 5) is 2.18. The van der Waals surface area contributed by atoms with E-state index in [0.29, 0.717) is 18.8 Å². The molecule has 0 fully saturated rings. The molecular weight excluding hydrogens is 265 g/mol. The summed E-state index contributed by atoms with van der Waals surface area (Å²) in [6, 6.07) is 4.76. The Morgan fingerprint density at radius 1 is 1.47 bits per heavy atom. The van der Waals surface area contributed by atoms with Gasteiger partial charge >= 0.3 is 0 Å². The van der Waals surface area contributed by atoms with Gasteiger partial charge in [0.05, 0.1) is 12.2 Å². The van der Waals surface area contributed by atoms with Gasteiger partial charge in [0, 0.05) is 32.4 Å². The minimum Gasteiger partial charge on any atom is -0.389 e. The molecule has 0 aliphatic heterocycles. The van der Waals surface area contributed by atoms with Gasteiger partial charge in [-0.15, -0.1) is 0 Å². The predicted octanol–water partition coefficient (Wildman–Crippen LogP) is 1.45. The van der Waals surface area contributed by atoms with Gasteiger partial charge < -0.3 is 20.7 Å². The first kappa shape index (κ1) is 15.8. The highest BCUT2D eigenvalue weighted by molar-refractivity contribution is 7.80. The summed E-state index contributed by atoms with van der Waals surface area (Å²) < 4.78 is 18.6. The molecule has 6 heteroatoms. The van der Waals surface area contributed by atoms with Crippen LogP contribution >= 0.6 is 12.2 Å². The highest BCUT2D eigenvalue weighted by atomic mass is 32.1. The van der Waals surface area contributed by atoms with Crippen molar-refractivity contribution in [1.82, 2.24) is 4.90 Å². The molecule has 19 heavy (non-hydrogen) atoms. The molecule has 0 aliphatic rings. The number of benzene rings is 1. The van der Waals surface area contributed by atoms with Crippen molar-refractivity contribution in [3.63, 3.8) is 0 Å². The van der Waals surface area contributed by atoms with Gasteiger partial charge in [0.1, 0.15) is 10.8 Å². The Morgan fingerprint density at radius 3 is 2.84 bits per heavy atom. The first-order valence-electron chi connectivity index (χ1n) is 6.06. The molecule has 0 saturated carbocycles. The van der Waals surface area contributed by atoms with Gasteiger partial charge in [-0.25, -0.2) is 4.39 Å². The van der Waals surface area contributed by atoms with Gasteiger partial charge in [0.2, 0.25) is 0 Å². The second kappa shape index (κ2) is 8.04. The summed E-state index contributed by atoms with van der Waals surface area (Å²) in [6.45, 7) is 3.04. The summed E-state index contributed by atoms with van der Waals surface area (Å²) in [5.41, 5.74) is 6.44. The smallest absolute Gasteiger partial charge is 0.135 e. The third kappa shape index (κ3) is 5.10. The standard InChI is InChI=1S/C13H20FN3OS/c1-17(8-9-18-2)7-6-16-11-5-3-4-10(14)12(11)13(15)19/h3-5,16H,6-9H2,1-2H3,(H2,15,19). The van der Waals surface area contributed by atoms with E-state index in [1.165, 1.54) is 6.07 Å². The number of halogens is 1. The number of rotatable bonds is 8. The number of hydrogen-bond acceptors (Lipinski definition) is 4. The lowest BCUT2D eigenvalue weighted by Crippen LogP contribution is -2.28. The molecule has 0 bridgehead atoms. The number of ether oxygens (including phenoxy) is 1. The van der Waals surface area contributed by atoms with Crippen LogP contribution in [0.1, 0.15) is 5.56 Å². The van der Waals surface area contributed by atoms with Gasteiger partial charge in [-0.3, -0.25) is 0 Å². The zero-order valence-corrected chi connectivity index (χ0v) is 12.1. The van der Waals surface area contributed by atoms with Gasteiger partial charge in [-0.2, -0.15) is 0 Å². The van der Waals surface area contributed by atoms with E-state index in [9.17, 15) is 4.39 Å². The van der Waals surface area contributed by atoms with E-state index in [-0.39, 0.29) is 10.6 Å². The Hall–Kier alpha value is -1.24. The van der Waals surface area contributed by atoms with Gasteiger partial charge in [0.25, 0.3) is 0 Å². The van der Waals surface area contributed by atoms with Gasteiger partial charge in [0.15, 0.2) is 0 Å². The van der Waals surface area contributed by atoms with Crippen molar-refractivity contribution in [2.24, 2.45) is 5.73 Å². The first-order valence-corrected chi connectivity index (χ1v) is 6.46. The normalized spacial score (nSPS) is 10.7. The number of nitrogens with zero attached hydrogens (tertiary/aromatic N) is 1. The van der Waals surface area contributed by atoms with Crippen molar-refractivity contribution in [2.45, 2.75) is 0 Å². The minimum absolute atomic E-state index is 0.0633. The van der Waals surface area contributed by atoms with Crippen LogP contribution in [0.4, 0.5) is 10.1 Å². The highest BCUT2D eigenvalue weighted by Gasteiger charge is 2.10. The molecule has 0 atom stereocenters. The molecule has 0 aromatic heterocycles. The summed E-state index contributed by atoms with van der Waals surface area (Å²) in [6.07, 6.45) is 0. The molecule has 0 aliphatic carbocycles. The first-order chi connectivity index (χ1) is 9.06. The maximum atomic E-state index is 13.6. The SMILES string of the molecule is COCCN(C)CCNc1cccc(F)c1C(N)=S. The van der Waals surface area contributed by atoms with Crippen LogP contribution in [0.2, 0.25) is 0 Å².